The molecule has 0 spiro atoms. The second kappa shape index (κ2) is 5.77. The number of nitrogens with zero attached hydrogens (tertiary/aromatic N) is 2. The van der Waals surface area contributed by atoms with E-state index < -0.39 is 0 Å². The smallest absolute Gasteiger partial charge is 0.0994 e. The largest absolute Gasteiger partial charge is 0.364 e. The Kier molecular flexibility index (Phi) is 4.35. The van der Waals surface area contributed by atoms with E-state index in [2.05, 4.69) is 24.1 Å². The zero-order chi connectivity index (χ0) is 12.0. The molecule has 0 saturated carbocycles. The lowest BCUT2D eigenvalue weighted by Crippen LogP contribution is -2.23. The number of rotatable bonds is 5. The first kappa shape index (κ1) is 12.1. The van der Waals surface area contributed by atoms with Gasteiger partial charge in [-0.25, -0.2) is 0 Å². The van der Waals surface area contributed by atoms with Crippen LogP contribution < -0.4 is 4.90 Å². The third kappa shape index (κ3) is 2.74. The summed E-state index contributed by atoms with van der Waals surface area (Å²) >= 11 is 0. The Labute approximate surface area is 97.1 Å². The van der Waals surface area contributed by atoms with Crippen LogP contribution in [0.5, 0.6) is 0 Å². The monoisotopic (exact) mass is 212 g/mol. The van der Waals surface area contributed by atoms with Crippen molar-refractivity contribution in [2.45, 2.75) is 6.92 Å². The third-order valence-electron chi connectivity index (χ3n) is 2.39. The molecular formula is C14H16N2. The minimum atomic E-state index is 0.723. The van der Waals surface area contributed by atoms with Crippen LogP contribution in [0, 0.1) is 18.3 Å². The average molecular weight is 212 g/mol. The van der Waals surface area contributed by atoms with Crippen LogP contribution in [0.15, 0.2) is 43.5 Å². The summed E-state index contributed by atoms with van der Waals surface area (Å²) in [5.74, 6) is 0. The van der Waals surface area contributed by atoms with Gasteiger partial charge in [0.1, 0.15) is 0 Å². The molecule has 2 nitrogen and oxygen atoms in total. The summed E-state index contributed by atoms with van der Waals surface area (Å²) in [6.45, 7) is 11.0. The molecule has 1 rings (SSSR count). The third-order valence-corrected chi connectivity index (χ3v) is 2.39. The van der Waals surface area contributed by atoms with E-state index in [0.717, 1.165) is 29.9 Å². The van der Waals surface area contributed by atoms with Crippen LogP contribution in [0.1, 0.15) is 11.1 Å². The summed E-state index contributed by atoms with van der Waals surface area (Å²) in [5, 5.41) is 8.86. The minimum Gasteiger partial charge on any atom is -0.364 e. The van der Waals surface area contributed by atoms with Crippen molar-refractivity contribution < 1.29 is 0 Å². The highest BCUT2D eigenvalue weighted by Gasteiger charge is 2.05. The Bertz CT molecular complexity index is 417. The topological polar surface area (TPSA) is 27.0 Å². The molecule has 0 atom stereocenters. The van der Waals surface area contributed by atoms with Crippen molar-refractivity contribution in [3.8, 4) is 6.07 Å². The van der Waals surface area contributed by atoms with Gasteiger partial charge in [-0.1, -0.05) is 12.2 Å². The van der Waals surface area contributed by atoms with Crippen molar-refractivity contribution in [3.63, 3.8) is 0 Å². The van der Waals surface area contributed by atoms with Gasteiger partial charge < -0.3 is 4.90 Å². The fourth-order valence-electron chi connectivity index (χ4n) is 1.57. The molecule has 0 aliphatic carbocycles. The summed E-state index contributed by atoms with van der Waals surface area (Å²) in [5.41, 5.74) is 2.82. The molecule has 1 aromatic rings. The number of hydrogen-bond acceptors (Lipinski definition) is 2. The van der Waals surface area contributed by atoms with Gasteiger partial charge in [0, 0.05) is 18.8 Å². The molecular weight excluding hydrogens is 196 g/mol. The van der Waals surface area contributed by atoms with Gasteiger partial charge in [0.25, 0.3) is 0 Å². The van der Waals surface area contributed by atoms with Crippen LogP contribution in [0.2, 0.25) is 0 Å². The van der Waals surface area contributed by atoms with Gasteiger partial charge in [-0.2, -0.15) is 5.26 Å². The number of aryl methyl sites for hydroxylation is 1. The Morgan fingerprint density at radius 1 is 1.31 bits per heavy atom. The normalized spacial score (nSPS) is 9.25. The lowest BCUT2D eigenvalue weighted by Gasteiger charge is -2.22. The van der Waals surface area contributed by atoms with E-state index in [1.54, 1.807) is 0 Å². The van der Waals surface area contributed by atoms with Crippen molar-refractivity contribution in [2.75, 3.05) is 18.0 Å². The lowest BCUT2D eigenvalue weighted by molar-refractivity contribution is 0.955. The molecule has 0 unspecified atom stereocenters. The molecule has 0 aliphatic rings. The summed E-state index contributed by atoms with van der Waals surface area (Å²) < 4.78 is 0. The fourth-order valence-corrected chi connectivity index (χ4v) is 1.57. The number of benzene rings is 1. The van der Waals surface area contributed by atoms with Gasteiger partial charge in [-0.3, -0.25) is 0 Å². The Balaban J connectivity index is 3.01. The summed E-state index contributed by atoms with van der Waals surface area (Å²) in [6.07, 6.45) is 3.72. The zero-order valence-corrected chi connectivity index (χ0v) is 9.61. The van der Waals surface area contributed by atoms with E-state index in [0.29, 0.717) is 0 Å². The lowest BCUT2D eigenvalue weighted by atomic mass is 10.1. The van der Waals surface area contributed by atoms with Gasteiger partial charge in [0.2, 0.25) is 0 Å². The summed E-state index contributed by atoms with van der Waals surface area (Å²) in [7, 11) is 0. The van der Waals surface area contributed by atoms with Crippen molar-refractivity contribution in [3.05, 3.63) is 54.6 Å². The maximum absolute atomic E-state index is 8.86. The molecule has 0 amide bonds. The molecule has 0 fully saturated rings. The molecule has 0 N–H and O–H groups in total. The van der Waals surface area contributed by atoms with E-state index >= 15 is 0 Å². The van der Waals surface area contributed by atoms with Crippen LogP contribution in [0.3, 0.4) is 0 Å². The first-order valence-electron chi connectivity index (χ1n) is 5.20. The highest BCUT2D eigenvalue weighted by molar-refractivity contribution is 5.54. The van der Waals surface area contributed by atoms with Gasteiger partial charge in [-0.05, 0) is 30.7 Å². The highest BCUT2D eigenvalue weighted by atomic mass is 15.1. The van der Waals surface area contributed by atoms with Crippen molar-refractivity contribution in [2.24, 2.45) is 0 Å². The molecule has 0 bridgehead atoms. The van der Waals surface area contributed by atoms with E-state index in [-0.39, 0.29) is 0 Å². The number of anilines is 1. The van der Waals surface area contributed by atoms with E-state index in [9.17, 15) is 0 Å². The standard InChI is InChI=1S/C14H16N2/c1-4-8-16(9-5-2)14-7-6-13(11-15)12(3)10-14/h4-7,10H,1-2,8-9H2,3H3. The molecule has 82 valence electrons. The van der Waals surface area contributed by atoms with Crippen molar-refractivity contribution in [1.82, 2.24) is 0 Å². The molecule has 1 aromatic carbocycles. The Morgan fingerprint density at radius 2 is 1.94 bits per heavy atom. The van der Waals surface area contributed by atoms with E-state index in [1.165, 1.54) is 0 Å². The Morgan fingerprint density at radius 3 is 2.38 bits per heavy atom. The average Bonchev–Trinajstić information content (AvgIpc) is 2.28. The van der Waals surface area contributed by atoms with Crippen molar-refractivity contribution >= 4 is 5.69 Å². The maximum Gasteiger partial charge on any atom is 0.0994 e. The maximum atomic E-state index is 8.86. The SMILES string of the molecule is C=CCN(CC=C)c1ccc(C#N)c(C)c1. The second-order valence-electron chi connectivity index (χ2n) is 3.59. The molecule has 0 aliphatic heterocycles. The van der Waals surface area contributed by atoms with E-state index in [4.69, 9.17) is 5.26 Å². The number of nitriles is 1. The predicted octanol–water partition coefficient (Wildman–Crippen LogP) is 3.05. The highest BCUT2D eigenvalue weighted by Crippen LogP contribution is 2.18. The molecule has 0 saturated heterocycles. The molecule has 2 heteroatoms. The zero-order valence-electron chi connectivity index (χ0n) is 9.61. The van der Waals surface area contributed by atoms with Crippen molar-refractivity contribution in [1.29, 1.82) is 5.26 Å². The molecule has 0 heterocycles. The van der Waals surface area contributed by atoms with E-state index in [1.807, 2.05) is 37.3 Å². The summed E-state index contributed by atoms with van der Waals surface area (Å²) in [6, 6.07) is 7.99. The summed E-state index contributed by atoms with van der Waals surface area (Å²) in [4.78, 5) is 2.15. The van der Waals surface area contributed by atoms with Gasteiger partial charge in [0.05, 0.1) is 11.6 Å². The van der Waals surface area contributed by atoms with Crippen LogP contribution in [0.4, 0.5) is 5.69 Å². The molecule has 16 heavy (non-hydrogen) atoms. The van der Waals surface area contributed by atoms with Crippen LogP contribution in [-0.2, 0) is 0 Å². The van der Waals surface area contributed by atoms with Crippen LogP contribution in [0.25, 0.3) is 0 Å². The predicted molar refractivity (Wildman–Crippen MR) is 68.5 cm³/mol. The van der Waals surface area contributed by atoms with Gasteiger partial charge in [-0.15, -0.1) is 13.2 Å². The molecule has 0 aromatic heterocycles. The minimum absolute atomic E-state index is 0.723. The molecule has 0 radical (unpaired) electrons. The first-order chi connectivity index (χ1) is 7.72. The first-order valence-corrected chi connectivity index (χ1v) is 5.20. The van der Waals surface area contributed by atoms with Crippen LogP contribution in [-0.4, -0.2) is 13.1 Å². The fraction of sp³-hybridized carbons (Fsp3) is 0.214. The quantitative estimate of drug-likeness (QED) is 0.701. The Hall–Kier alpha value is -2.01. The number of hydrogen-bond donors (Lipinski definition) is 0. The van der Waals surface area contributed by atoms with Gasteiger partial charge in [0.15, 0.2) is 0 Å². The van der Waals surface area contributed by atoms with Crippen LogP contribution >= 0.6 is 0 Å². The second-order valence-corrected chi connectivity index (χ2v) is 3.59. The van der Waals surface area contributed by atoms with Gasteiger partial charge >= 0.3 is 0 Å².